The molecule has 0 spiro atoms. The largest absolute Gasteiger partial charge is 0.507 e. The Balaban J connectivity index is 2.32. The van der Waals surface area contributed by atoms with Crippen LogP contribution in [0, 0.1) is 0 Å². The highest BCUT2D eigenvalue weighted by Gasteiger charge is 2.53. The lowest BCUT2D eigenvalue weighted by Gasteiger charge is -2.42. The monoisotopic (exact) mass is 646 g/mol. The van der Waals surface area contributed by atoms with E-state index >= 15 is 0 Å². The molecule has 1 saturated heterocycles. The Morgan fingerprint density at radius 2 is 1.23 bits per heavy atom. The number of phenols is 7. The van der Waals surface area contributed by atoms with Crippen LogP contribution >= 0.6 is 11.6 Å². The third kappa shape index (κ3) is 5.33. The van der Waals surface area contributed by atoms with Gasteiger partial charge in [-0.2, -0.15) is 0 Å². The summed E-state index contributed by atoms with van der Waals surface area (Å²) in [5.74, 6) is -26.9. The van der Waals surface area contributed by atoms with E-state index in [4.69, 9.17) is 36.4 Å². The van der Waals surface area contributed by atoms with Crippen molar-refractivity contribution in [3.05, 3.63) is 21.7 Å². The Bertz CT molecular complexity index is 1360. The molecule has 1 aliphatic heterocycles. The third-order valence-electron chi connectivity index (χ3n) is 6.55. The lowest BCUT2D eigenvalue weighted by molar-refractivity contribution is -0.502. The van der Waals surface area contributed by atoms with Crippen LogP contribution < -0.4 is 4.74 Å². The van der Waals surface area contributed by atoms with Crippen molar-refractivity contribution in [2.45, 2.75) is 48.3 Å². The van der Waals surface area contributed by atoms with Crippen molar-refractivity contribution < 1.29 is 101 Å². The molecule has 2 aromatic carbocycles. The topological polar surface area (TPSA) is 372 Å². The summed E-state index contributed by atoms with van der Waals surface area (Å²) in [5.41, 5.74) is -4.36. The lowest BCUT2D eigenvalue weighted by Crippen LogP contribution is -2.58. The zero-order valence-electron chi connectivity index (χ0n) is 21.3. The van der Waals surface area contributed by atoms with Crippen LogP contribution in [-0.4, -0.2) is 137 Å². The molecule has 0 radical (unpaired) electrons. The van der Waals surface area contributed by atoms with Gasteiger partial charge in [0.2, 0.25) is 23.0 Å². The van der Waals surface area contributed by atoms with Gasteiger partial charge in [0.25, 0.3) is 0 Å². The number of aliphatic hydroxyl groups is 10. The fourth-order valence-electron chi connectivity index (χ4n) is 4.31. The first-order valence-corrected chi connectivity index (χ1v) is 11.8. The maximum absolute atomic E-state index is 11.1. The molecule has 20 nitrogen and oxygen atoms in total. The molecule has 5 atom stereocenters. The molecule has 17 N–H and O–H groups in total. The lowest BCUT2D eigenvalue weighted by atomic mass is 9.86. The zero-order chi connectivity index (χ0) is 33.1. The van der Waals surface area contributed by atoms with Gasteiger partial charge in [-0.05, 0) is 0 Å². The van der Waals surface area contributed by atoms with Crippen molar-refractivity contribution in [1.82, 2.24) is 0 Å². The van der Waals surface area contributed by atoms with Crippen molar-refractivity contribution in [2.75, 3.05) is 13.7 Å². The highest BCUT2D eigenvalue weighted by atomic mass is 35.5. The Hall–Kier alpha value is -3.35. The molecule has 0 amide bonds. The van der Waals surface area contributed by atoms with Crippen molar-refractivity contribution >= 4 is 11.6 Å². The second-order valence-electron chi connectivity index (χ2n) is 9.22. The quantitative estimate of drug-likeness (QED) is 0.0727. The molecule has 5 unspecified atom stereocenters. The number of hydrogen-bond acceptors (Lipinski definition) is 20. The number of aromatic hydroxyl groups is 7. The van der Waals surface area contributed by atoms with E-state index in [-0.39, 0.29) is 0 Å². The number of aliphatic hydroxyl groups excluding tert-OH is 3. The summed E-state index contributed by atoms with van der Waals surface area (Å²) < 4.78 is 14.5. The Morgan fingerprint density at radius 3 is 1.67 bits per heavy atom. The van der Waals surface area contributed by atoms with Gasteiger partial charge in [0.05, 0.1) is 22.8 Å². The summed E-state index contributed by atoms with van der Waals surface area (Å²) in [4.78, 5) is 0. The first kappa shape index (κ1) is 34.1. The van der Waals surface area contributed by atoms with E-state index in [2.05, 4.69) is 4.74 Å². The van der Waals surface area contributed by atoms with E-state index in [9.17, 15) is 71.5 Å². The van der Waals surface area contributed by atoms with Gasteiger partial charge in [-0.25, -0.2) is 0 Å². The average molecular weight is 647 g/mol. The van der Waals surface area contributed by atoms with E-state index in [1.54, 1.807) is 0 Å². The predicted octanol–water partition coefficient (Wildman–Crippen LogP) is -4.72. The summed E-state index contributed by atoms with van der Waals surface area (Å²) in [6.45, 7) is -0.954. The van der Waals surface area contributed by atoms with E-state index in [0.717, 1.165) is 7.11 Å². The third-order valence-corrected chi connectivity index (χ3v) is 6.92. The van der Waals surface area contributed by atoms with E-state index in [1.165, 1.54) is 0 Å². The zero-order valence-corrected chi connectivity index (χ0v) is 22.1. The minimum absolute atomic E-state index is 0.954. The van der Waals surface area contributed by atoms with Gasteiger partial charge in [-0.1, -0.05) is 11.6 Å². The van der Waals surface area contributed by atoms with E-state index in [1.807, 2.05) is 0 Å². The van der Waals surface area contributed by atoms with Gasteiger partial charge >= 0.3 is 11.9 Å². The standard InChI is InChI=1S/C22H27ClO20/c1-41-19-14(31)8(25)3(2-24)42-17(19)4-9(26)5(7(23)13(30)10(4)27)20(34,35)6-11(28)15(32)18(16(33)12(6)29)43-22(39,40)21(36,37)38/h3,8,14,17,19,24-40H,2H2,1H3. The fourth-order valence-corrected chi connectivity index (χ4v) is 4.62. The van der Waals surface area contributed by atoms with Crippen molar-refractivity contribution in [2.24, 2.45) is 0 Å². The first-order chi connectivity index (χ1) is 19.6. The average Bonchev–Trinajstić information content (AvgIpc) is 2.90. The molecule has 2 aromatic rings. The molecule has 242 valence electrons. The first-order valence-electron chi connectivity index (χ1n) is 11.5. The van der Waals surface area contributed by atoms with Crippen molar-refractivity contribution in [1.29, 1.82) is 0 Å². The smallest absolute Gasteiger partial charge is 0.409 e. The number of ether oxygens (including phenoxy) is 3. The van der Waals surface area contributed by atoms with Gasteiger partial charge in [0.1, 0.15) is 41.8 Å². The van der Waals surface area contributed by atoms with Crippen molar-refractivity contribution in [3.63, 3.8) is 0 Å². The predicted molar refractivity (Wildman–Crippen MR) is 129 cm³/mol. The van der Waals surface area contributed by atoms with Crippen LogP contribution in [0.5, 0.6) is 46.0 Å². The Morgan fingerprint density at radius 1 is 0.721 bits per heavy atom. The van der Waals surface area contributed by atoms with Gasteiger partial charge in [-0.3, -0.25) is 0 Å². The molecular formula is C22H27ClO20. The maximum Gasteiger partial charge on any atom is 0.409 e. The van der Waals surface area contributed by atoms with Gasteiger partial charge < -0.3 is 101 Å². The molecule has 0 bridgehead atoms. The summed E-state index contributed by atoms with van der Waals surface area (Å²) >= 11 is 5.93. The SMILES string of the molecule is COC1C(c2c(O)c(O)c(Cl)c(C(O)(O)c3c(O)c(O)c(OC(O)(O)C(O)(O)O)c(O)c3O)c2O)OC(CO)C(O)C1O. The van der Waals surface area contributed by atoms with Gasteiger partial charge in [0.15, 0.2) is 23.0 Å². The Kier molecular flexibility index (Phi) is 8.97. The van der Waals surface area contributed by atoms with Crippen LogP contribution in [0.25, 0.3) is 0 Å². The number of phenolic OH excluding ortho intramolecular Hbond substituents is 7. The number of benzene rings is 2. The van der Waals surface area contributed by atoms with Gasteiger partial charge in [0, 0.05) is 7.11 Å². The fraction of sp³-hybridized carbons (Fsp3) is 0.455. The molecular weight excluding hydrogens is 620 g/mol. The number of hydrogen-bond donors (Lipinski definition) is 17. The molecule has 0 aromatic heterocycles. The number of halogens is 1. The minimum Gasteiger partial charge on any atom is -0.507 e. The van der Waals surface area contributed by atoms with Crippen LogP contribution in [0.4, 0.5) is 0 Å². The van der Waals surface area contributed by atoms with Crippen LogP contribution in [0.2, 0.25) is 5.02 Å². The minimum atomic E-state index is -4.52. The molecule has 21 heteroatoms. The molecule has 1 aliphatic rings. The molecule has 0 saturated carbocycles. The van der Waals surface area contributed by atoms with E-state index < -0.39 is 123 Å². The highest BCUT2D eigenvalue weighted by Crippen LogP contribution is 2.60. The summed E-state index contributed by atoms with van der Waals surface area (Å²) in [7, 11) is 0.969. The molecule has 1 heterocycles. The van der Waals surface area contributed by atoms with Crippen LogP contribution in [0.3, 0.4) is 0 Å². The molecule has 0 aliphatic carbocycles. The number of methoxy groups -OCH3 is 1. The molecule has 3 rings (SSSR count). The van der Waals surface area contributed by atoms with Gasteiger partial charge in [-0.15, -0.1) is 0 Å². The van der Waals surface area contributed by atoms with E-state index in [0.29, 0.717) is 0 Å². The van der Waals surface area contributed by atoms with Crippen molar-refractivity contribution in [3.8, 4) is 46.0 Å². The summed E-state index contributed by atoms with van der Waals surface area (Å²) in [6, 6.07) is 0. The van der Waals surface area contributed by atoms with Crippen LogP contribution in [-0.2, 0) is 15.3 Å². The number of rotatable bonds is 8. The Labute approximate surface area is 242 Å². The highest BCUT2D eigenvalue weighted by molar-refractivity contribution is 6.33. The normalized spacial score (nSPS) is 23.4. The van der Waals surface area contributed by atoms with Crippen LogP contribution in [0.1, 0.15) is 22.8 Å². The summed E-state index contributed by atoms with van der Waals surface area (Å²) in [5, 5.41) is 170. The van der Waals surface area contributed by atoms with Crippen LogP contribution in [0.15, 0.2) is 0 Å². The second kappa shape index (κ2) is 11.3. The summed E-state index contributed by atoms with van der Waals surface area (Å²) in [6.07, 6.45) is -8.97. The maximum atomic E-state index is 11.1. The molecule has 43 heavy (non-hydrogen) atoms. The second-order valence-corrected chi connectivity index (χ2v) is 9.60. The molecule has 1 fully saturated rings.